The quantitative estimate of drug-likeness (QED) is 0.517. The fourth-order valence-corrected chi connectivity index (χ4v) is 3.97. The van der Waals surface area contributed by atoms with Crippen molar-refractivity contribution in [2.75, 3.05) is 13.7 Å². The first kappa shape index (κ1) is 19.9. The van der Waals surface area contributed by atoms with Crippen molar-refractivity contribution in [3.05, 3.63) is 62.4 Å². The normalized spacial score (nSPS) is 13.8. The van der Waals surface area contributed by atoms with Gasteiger partial charge in [0.25, 0.3) is 0 Å². The molecule has 4 nitrogen and oxygen atoms in total. The third-order valence-electron chi connectivity index (χ3n) is 4.60. The minimum absolute atomic E-state index is 0.176. The summed E-state index contributed by atoms with van der Waals surface area (Å²) in [5.41, 5.74) is 4.59. The Kier molecular flexibility index (Phi) is 6.55. The molecule has 0 aliphatic heterocycles. The summed E-state index contributed by atoms with van der Waals surface area (Å²) in [6.07, 6.45) is 3.80. The number of esters is 1. The Morgan fingerprint density at radius 3 is 2.81 bits per heavy atom. The number of hydrogen-bond donors (Lipinski definition) is 0. The molecular formula is C21H21BrClNO3. The van der Waals surface area contributed by atoms with Crippen LogP contribution in [-0.2, 0) is 11.2 Å². The number of aromatic nitrogens is 1. The second-order valence-electron chi connectivity index (χ2n) is 6.32. The lowest BCUT2D eigenvalue weighted by atomic mass is 9.99. The highest BCUT2D eigenvalue weighted by atomic mass is 79.9. The van der Waals surface area contributed by atoms with E-state index in [1.54, 1.807) is 20.1 Å². The average molecular weight is 451 g/mol. The maximum Gasteiger partial charge on any atom is 0.358 e. The summed E-state index contributed by atoms with van der Waals surface area (Å²) in [6, 6.07) is 9.62. The molecule has 1 aromatic heterocycles. The van der Waals surface area contributed by atoms with Gasteiger partial charge < -0.3 is 9.47 Å². The molecule has 0 atom stereocenters. The molecule has 3 rings (SSSR count). The highest BCUT2D eigenvalue weighted by Crippen LogP contribution is 2.37. The van der Waals surface area contributed by atoms with Crippen LogP contribution in [0.25, 0.3) is 5.57 Å². The zero-order valence-corrected chi connectivity index (χ0v) is 17.7. The maximum atomic E-state index is 12.1. The van der Waals surface area contributed by atoms with Crippen molar-refractivity contribution in [3.63, 3.8) is 0 Å². The van der Waals surface area contributed by atoms with Gasteiger partial charge in [-0.15, -0.1) is 0 Å². The molecule has 6 heteroatoms. The molecule has 1 aromatic carbocycles. The number of carbonyl (C=O) groups is 1. The molecule has 1 heterocycles. The molecule has 27 heavy (non-hydrogen) atoms. The first-order chi connectivity index (χ1) is 13.0. The Labute approximate surface area is 172 Å². The number of benzene rings is 1. The third-order valence-corrected chi connectivity index (χ3v) is 5.40. The summed E-state index contributed by atoms with van der Waals surface area (Å²) in [4.78, 5) is 16.6. The van der Waals surface area contributed by atoms with Crippen LogP contribution in [0.2, 0.25) is 5.02 Å². The van der Waals surface area contributed by atoms with E-state index in [1.807, 2.05) is 18.2 Å². The van der Waals surface area contributed by atoms with Gasteiger partial charge in [0.1, 0.15) is 5.75 Å². The molecule has 1 aliphatic rings. The van der Waals surface area contributed by atoms with Crippen LogP contribution in [0, 0.1) is 0 Å². The van der Waals surface area contributed by atoms with Crippen molar-refractivity contribution < 1.29 is 14.3 Å². The van der Waals surface area contributed by atoms with Gasteiger partial charge in [0.15, 0.2) is 5.69 Å². The van der Waals surface area contributed by atoms with E-state index in [2.05, 4.69) is 27.0 Å². The number of halogens is 2. The lowest BCUT2D eigenvalue weighted by Crippen LogP contribution is -2.09. The van der Waals surface area contributed by atoms with Crippen molar-refractivity contribution in [1.29, 1.82) is 0 Å². The Hall–Kier alpha value is -1.85. The molecule has 0 fully saturated rings. The van der Waals surface area contributed by atoms with Crippen LogP contribution in [0.15, 0.2) is 40.4 Å². The van der Waals surface area contributed by atoms with Gasteiger partial charge in [0.05, 0.1) is 24.4 Å². The lowest BCUT2D eigenvalue weighted by molar-refractivity contribution is 0.0519. The second kappa shape index (κ2) is 8.89. The Balaban J connectivity index is 1.97. The fraction of sp³-hybridized carbons (Fsp3) is 0.333. The highest BCUT2D eigenvalue weighted by molar-refractivity contribution is 9.10. The van der Waals surface area contributed by atoms with E-state index in [0.29, 0.717) is 5.02 Å². The van der Waals surface area contributed by atoms with E-state index in [1.165, 1.54) is 11.1 Å². The average Bonchev–Trinajstić information content (AvgIpc) is 3.10. The van der Waals surface area contributed by atoms with Gasteiger partial charge >= 0.3 is 5.97 Å². The van der Waals surface area contributed by atoms with E-state index in [9.17, 15) is 4.79 Å². The van der Waals surface area contributed by atoms with Gasteiger partial charge in [-0.2, -0.15) is 0 Å². The van der Waals surface area contributed by atoms with E-state index in [-0.39, 0.29) is 12.3 Å². The van der Waals surface area contributed by atoms with Crippen LogP contribution >= 0.6 is 27.5 Å². The minimum Gasteiger partial charge on any atom is -0.496 e. The van der Waals surface area contributed by atoms with Crippen molar-refractivity contribution in [1.82, 2.24) is 4.98 Å². The van der Waals surface area contributed by atoms with E-state index in [0.717, 1.165) is 47.2 Å². The monoisotopic (exact) mass is 449 g/mol. The maximum absolute atomic E-state index is 12.1. The predicted octanol–water partition coefficient (Wildman–Crippen LogP) is 5.86. The molecule has 1 aliphatic carbocycles. The van der Waals surface area contributed by atoms with Crippen molar-refractivity contribution in [2.45, 2.75) is 32.6 Å². The van der Waals surface area contributed by atoms with Gasteiger partial charge in [-0.25, -0.2) is 9.78 Å². The molecule has 0 spiro atoms. The molecule has 0 radical (unpaired) electrons. The number of nitrogens with zero attached hydrogens (tertiary/aromatic N) is 1. The minimum atomic E-state index is -0.488. The number of allylic oxidation sites excluding steroid dienone is 2. The van der Waals surface area contributed by atoms with Gasteiger partial charge in [0, 0.05) is 4.47 Å². The molecule has 0 saturated carbocycles. The SMILES string of the molecule is CCOC(=O)c1nc(C2=C(Cc3cc(Br)ccc3OC)CCC2)ccc1Cl. The predicted molar refractivity (Wildman–Crippen MR) is 110 cm³/mol. The third kappa shape index (κ3) is 4.53. The Bertz CT molecular complexity index is 895. The summed E-state index contributed by atoms with van der Waals surface area (Å²) >= 11 is 9.69. The molecule has 142 valence electrons. The lowest BCUT2D eigenvalue weighted by Gasteiger charge is -2.12. The van der Waals surface area contributed by atoms with Crippen molar-refractivity contribution in [2.24, 2.45) is 0 Å². The highest BCUT2D eigenvalue weighted by Gasteiger charge is 2.21. The zero-order valence-electron chi connectivity index (χ0n) is 15.4. The van der Waals surface area contributed by atoms with E-state index >= 15 is 0 Å². The molecule has 2 aromatic rings. The summed E-state index contributed by atoms with van der Waals surface area (Å²) < 4.78 is 11.6. The molecule has 0 N–H and O–H groups in total. The fourth-order valence-electron chi connectivity index (χ4n) is 3.38. The number of pyridine rings is 1. The number of rotatable bonds is 6. The Morgan fingerprint density at radius 1 is 1.26 bits per heavy atom. The summed E-state index contributed by atoms with van der Waals surface area (Å²) in [7, 11) is 1.68. The topological polar surface area (TPSA) is 48.4 Å². The zero-order chi connectivity index (χ0) is 19.4. The molecule has 0 amide bonds. The standard InChI is InChI=1S/C21H21BrClNO3/c1-3-27-21(25)20-17(23)8-9-18(24-20)16-6-4-5-13(16)11-14-12-15(22)7-10-19(14)26-2/h7-10,12H,3-6,11H2,1-2H3. The summed E-state index contributed by atoms with van der Waals surface area (Å²) in [5.74, 6) is 0.381. The van der Waals surface area contributed by atoms with Crippen LogP contribution in [0.5, 0.6) is 5.75 Å². The number of ether oxygens (including phenoxy) is 2. The molecule has 0 bridgehead atoms. The van der Waals surface area contributed by atoms with Crippen LogP contribution in [0.1, 0.15) is 47.9 Å². The van der Waals surface area contributed by atoms with Gasteiger partial charge in [-0.1, -0.05) is 33.1 Å². The van der Waals surface area contributed by atoms with Crippen LogP contribution in [0.4, 0.5) is 0 Å². The van der Waals surface area contributed by atoms with Crippen molar-refractivity contribution in [3.8, 4) is 5.75 Å². The molecular weight excluding hydrogens is 430 g/mol. The number of hydrogen-bond acceptors (Lipinski definition) is 4. The number of methoxy groups -OCH3 is 1. The number of carbonyl (C=O) groups excluding carboxylic acids is 1. The first-order valence-corrected chi connectivity index (χ1v) is 10.1. The van der Waals surface area contributed by atoms with Gasteiger partial charge in [-0.3, -0.25) is 0 Å². The first-order valence-electron chi connectivity index (χ1n) is 8.90. The van der Waals surface area contributed by atoms with E-state index in [4.69, 9.17) is 21.1 Å². The van der Waals surface area contributed by atoms with Crippen LogP contribution in [0.3, 0.4) is 0 Å². The smallest absolute Gasteiger partial charge is 0.358 e. The largest absolute Gasteiger partial charge is 0.496 e. The Morgan fingerprint density at radius 2 is 2.07 bits per heavy atom. The van der Waals surface area contributed by atoms with Gasteiger partial charge in [0.2, 0.25) is 0 Å². The van der Waals surface area contributed by atoms with Crippen LogP contribution < -0.4 is 4.74 Å². The van der Waals surface area contributed by atoms with Gasteiger partial charge in [-0.05, 0) is 74.1 Å². The van der Waals surface area contributed by atoms with Crippen LogP contribution in [-0.4, -0.2) is 24.7 Å². The van der Waals surface area contributed by atoms with E-state index < -0.39 is 5.97 Å². The second-order valence-corrected chi connectivity index (χ2v) is 7.64. The summed E-state index contributed by atoms with van der Waals surface area (Å²) in [6.45, 7) is 2.05. The van der Waals surface area contributed by atoms with Crippen molar-refractivity contribution >= 4 is 39.1 Å². The summed E-state index contributed by atoms with van der Waals surface area (Å²) in [5, 5.41) is 0.311. The molecule has 0 saturated heterocycles. The molecule has 0 unspecified atom stereocenters.